The van der Waals surface area contributed by atoms with Gasteiger partial charge >= 0.3 is 0 Å². The fourth-order valence-corrected chi connectivity index (χ4v) is 4.82. The molecular formula is C27H23Cl2NO5. The molecule has 3 aromatic rings. The van der Waals surface area contributed by atoms with Crippen LogP contribution in [0, 0.1) is 6.92 Å². The van der Waals surface area contributed by atoms with Gasteiger partial charge in [-0.15, -0.1) is 0 Å². The first-order chi connectivity index (χ1) is 16.7. The van der Waals surface area contributed by atoms with Crippen LogP contribution in [0.15, 0.2) is 66.2 Å². The predicted octanol–water partition coefficient (Wildman–Crippen LogP) is 5.94. The number of carbonyl (C=O) groups is 2. The Morgan fingerprint density at radius 3 is 2.34 bits per heavy atom. The Morgan fingerprint density at radius 2 is 1.71 bits per heavy atom. The minimum atomic E-state index is -0.834. The minimum Gasteiger partial charge on any atom is -0.507 e. The van der Waals surface area contributed by atoms with Crippen molar-refractivity contribution in [2.45, 2.75) is 19.5 Å². The molecule has 0 bridgehead atoms. The average molecular weight is 512 g/mol. The van der Waals surface area contributed by atoms with Crippen LogP contribution in [-0.4, -0.2) is 35.9 Å². The second kappa shape index (κ2) is 10.0. The fraction of sp³-hybridized carbons (Fsp3) is 0.185. The Bertz CT molecular complexity index is 1330. The maximum Gasteiger partial charge on any atom is 0.295 e. The molecule has 1 fully saturated rings. The molecule has 180 valence electrons. The van der Waals surface area contributed by atoms with E-state index in [9.17, 15) is 14.7 Å². The zero-order valence-corrected chi connectivity index (χ0v) is 20.9. The van der Waals surface area contributed by atoms with Gasteiger partial charge in [-0.05, 0) is 42.3 Å². The molecule has 4 rings (SSSR count). The topological polar surface area (TPSA) is 76.1 Å². The third-order valence-electron chi connectivity index (χ3n) is 5.88. The number of rotatable bonds is 6. The minimum absolute atomic E-state index is 0.0641. The van der Waals surface area contributed by atoms with E-state index in [4.69, 9.17) is 32.7 Å². The molecule has 0 radical (unpaired) electrons. The highest BCUT2D eigenvalue weighted by molar-refractivity contribution is 6.46. The molecule has 1 unspecified atom stereocenters. The van der Waals surface area contributed by atoms with E-state index < -0.39 is 23.5 Å². The van der Waals surface area contributed by atoms with E-state index in [1.165, 1.54) is 24.1 Å². The predicted molar refractivity (Wildman–Crippen MR) is 135 cm³/mol. The molecule has 6 nitrogen and oxygen atoms in total. The number of aryl methyl sites for hydroxylation is 1. The molecule has 0 aliphatic carbocycles. The summed E-state index contributed by atoms with van der Waals surface area (Å²) in [5.74, 6) is -1.11. The van der Waals surface area contributed by atoms with Gasteiger partial charge in [0, 0.05) is 11.6 Å². The van der Waals surface area contributed by atoms with Gasteiger partial charge in [0.05, 0.1) is 36.4 Å². The van der Waals surface area contributed by atoms with Gasteiger partial charge in [0.2, 0.25) is 0 Å². The Morgan fingerprint density at radius 1 is 1.00 bits per heavy atom. The molecule has 0 spiro atoms. The molecule has 35 heavy (non-hydrogen) atoms. The molecule has 3 aromatic carbocycles. The molecule has 1 N–H and O–H groups in total. The average Bonchev–Trinajstić information content (AvgIpc) is 3.08. The summed E-state index contributed by atoms with van der Waals surface area (Å²) in [5.41, 5.74) is 2.50. The lowest BCUT2D eigenvalue weighted by atomic mass is 9.94. The maximum atomic E-state index is 13.3. The monoisotopic (exact) mass is 511 g/mol. The smallest absolute Gasteiger partial charge is 0.295 e. The molecule has 1 aliphatic rings. The zero-order valence-electron chi connectivity index (χ0n) is 19.3. The fourth-order valence-electron chi connectivity index (χ4n) is 4.25. The molecule has 1 heterocycles. The Hall–Kier alpha value is -3.48. The molecule has 8 heteroatoms. The third kappa shape index (κ3) is 4.72. The van der Waals surface area contributed by atoms with Crippen LogP contribution in [0.4, 0.5) is 0 Å². The summed E-state index contributed by atoms with van der Waals surface area (Å²) >= 11 is 12.5. The Kier molecular flexibility index (Phi) is 7.05. The van der Waals surface area contributed by atoms with Crippen molar-refractivity contribution in [1.29, 1.82) is 0 Å². The van der Waals surface area contributed by atoms with Crippen molar-refractivity contribution in [2.24, 2.45) is 0 Å². The van der Waals surface area contributed by atoms with Gasteiger partial charge in [-0.3, -0.25) is 9.59 Å². The van der Waals surface area contributed by atoms with E-state index in [0.717, 1.165) is 11.1 Å². The highest BCUT2D eigenvalue weighted by Gasteiger charge is 2.46. The summed E-state index contributed by atoms with van der Waals surface area (Å²) in [7, 11) is 2.97. The molecule has 0 aromatic heterocycles. The SMILES string of the molecule is COc1ccc(CN2C(=O)C(=O)/C(=C(/O)c3cc(Cl)cc(Cl)c3OC)C2c2cccc(C)c2)cc1. The van der Waals surface area contributed by atoms with Gasteiger partial charge in [-0.25, -0.2) is 0 Å². The lowest BCUT2D eigenvalue weighted by molar-refractivity contribution is -0.140. The van der Waals surface area contributed by atoms with E-state index in [1.54, 1.807) is 19.2 Å². The number of methoxy groups -OCH3 is 2. The van der Waals surface area contributed by atoms with Crippen LogP contribution in [0.1, 0.15) is 28.3 Å². The van der Waals surface area contributed by atoms with Crippen LogP contribution in [0.2, 0.25) is 10.0 Å². The van der Waals surface area contributed by atoms with Crippen molar-refractivity contribution in [3.8, 4) is 11.5 Å². The van der Waals surface area contributed by atoms with E-state index >= 15 is 0 Å². The van der Waals surface area contributed by atoms with Crippen molar-refractivity contribution in [1.82, 2.24) is 4.90 Å². The summed E-state index contributed by atoms with van der Waals surface area (Å²) < 4.78 is 10.6. The number of halogens is 2. The van der Waals surface area contributed by atoms with E-state index in [2.05, 4.69) is 0 Å². The number of aliphatic hydroxyl groups excluding tert-OH is 1. The zero-order chi connectivity index (χ0) is 25.3. The molecule has 1 amide bonds. The molecule has 0 saturated carbocycles. The number of likely N-dealkylation sites (tertiary alicyclic amines) is 1. The van der Waals surface area contributed by atoms with Crippen LogP contribution >= 0.6 is 23.2 Å². The number of nitrogens with zero attached hydrogens (tertiary/aromatic N) is 1. The Balaban J connectivity index is 1.90. The quantitative estimate of drug-likeness (QED) is 0.251. The summed E-state index contributed by atoms with van der Waals surface area (Å²) in [4.78, 5) is 28.0. The molecule has 1 atom stereocenters. The van der Waals surface area contributed by atoms with Crippen molar-refractivity contribution in [2.75, 3.05) is 14.2 Å². The maximum absolute atomic E-state index is 13.3. The summed E-state index contributed by atoms with van der Waals surface area (Å²) in [6.45, 7) is 2.07. The number of hydrogen-bond acceptors (Lipinski definition) is 5. The second-order valence-corrected chi connectivity index (χ2v) is 9.00. The van der Waals surface area contributed by atoms with Crippen LogP contribution < -0.4 is 9.47 Å². The number of hydrogen-bond donors (Lipinski definition) is 1. The lowest BCUT2D eigenvalue weighted by Crippen LogP contribution is -2.29. The lowest BCUT2D eigenvalue weighted by Gasteiger charge is -2.26. The van der Waals surface area contributed by atoms with Crippen LogP contribution in [0.25, 0.3) is 5.76 Å². The summed E-state index contributed by atoms with van der Waals surface area (Å²) in [5, 5.41) is 11.8. The van der Waals surface area contributed by atoms with Gasteiger partial charge in [0.1, 0.15) is 17.3 Å². The van der Waals surface area contributed by atoms with E-state index in [1.807, 2.05) is 43.3 Å². The van der Waals surface area contributed by atoms with Crippen molar-refractivity contribution in [3.05, 3.63) is 98.5 Å². The first-order valence-corrected chi connectivity index (χ1v) is 11.5. The second-order valence-electron chi connectivity index (χ2n) is 8.16. The Labute approximate surface area is 213 Å². The standard InChI is InChI=1S/C27H23Cl2NO5/c1-15-5-4-6-17(11-15)23-22(24(31)20-12-18(28)13-21(29)26(20)35-3)25(32)27(33)30(23)14-16-7-9-19(34-2)10-8-16/h4-13,23,31H,14H2,1-3H3/b24-22+. The van der Waals surface area contributed by atoms with Crippen LogP contribution in [-0.2, 0) is 16.1 Å². The van der Waals surface area contributed by atoms with Gasteiger partial charge in [0.15, 0.2) is 0 Å². The first kappa shape index (κ1) is 24.6. The number of benzene rings is 3. The van der Waals surface area contributed by atoms with E-state index in [-0.39, 0.29) is 33.5 Å². The molecule has 1 aliphatic heterocycles. The number of ketones is 1. The van der Waals surface area contributed by atoms with Gasteiger partial charge < -0.3 is 19.5 Å². The normalized spacial score (nSPS) is 17.1. The van der Waals surface area contributed by atoms with Gasteiger partial charge in [0.25, 0.3) is 11.7 Å². The van der Waals surface area contributed by atoms with Gasteiger partial charge in [-0.2, -0.15) is 0 Å². The first-order valence-electron chi connectivity index (χ1n) is 10.8. The third-order valence-corrected chi connectivity index (χ3v) is 6.38. The molecule has 1 saturated heterocycles. The summed E-state index contributed by atoms with van der Waals surface area (Å²) in [6, 6.07) is 16.8. The van der Waals surface area contributed by atoms with Crippen LogP contribution in [0.3, 0.4) is 0 Å². The number of carbonyl (C=O) groups excluding carboxylic acids is 2. The van der Waals surface area contributed by atoms with Crippen molar-refractivity contribution in [3.63, 3.8) is 0 Å². The van der Waals surface area contributed by atoms with Crippen LogP contribution in [0.5, 0.6) is 11.5 Å². The van der Waals surface area contributed by atoms with Crippen molar-refractivity contribution < 1.29 is 24.2 Å². The van der Waals surface area contributed by atoms with Gasteiger partial charge in [-0.1, -0.05) is 65.2 Å². The van der Waals surface area contributed by atoms with Crippen molar-refractivity contribution >= 4 is 40.7 Å². The number of amides is 1. The molecular weight excluding hydrogens is 489 g/mol. The number of Topliss-reactive ketones (excluding diaryl/α,β-unsaturated/α-hetero) is 1. The largest absolute Gasteiger partial charge is 0.507 e. The van der Waals surface area contributed by atoms with E-state index in [0.29, 0.717) is 11.3 Å². The summed E-state index contributed by atoms with van der Waals surface area (Å²) in [6.07, 6.45) is 0. The number of aliphatic hydroxyl groups is 1. The highest BCUT2D eigenvalue weighted by atomic mass is 35.5. The highest BCUT2D eigenvalue weighted by Crippen LogP contribution is 2.44. The number of ether oxygens (including phenoxy) is 2.